The summed E-state index contributed by atoms with van der Waals surface area (Å²) in [5.41, 5.74) is 0.233. The van der Waals surface area contributed by atoms with Gasteiger partial charge in [-0.05, 0) is 18.6 Å². The van der Waals surface area contributed by atoms with Crippen molar-refractivity contribution in [1.29, 1.82) is 0 Å². The Morgan fingerprint density at radius 3 is 2.36 bits per heavy atom. The van der Waals surface area contributed by atoms with Gasteiger partial charge in [0.05, 0.1) is 28.5 Å². The van der Waals surface area contributed by atoms with Crippen molar-refractivity contribution >= 4 is 44.8 Å². The first-order chi connectivity index (χ1) is 10.3. The molecule has 0 fully saturated rings. The Morgan fingerprint density at radius 1 is 1.27 bits per heavy atom. The monoisotopic (exact) mass is 366 g/mol. The van der Waals surface area contributed by atoms with E-state index in [1.54, 1.807) is 18.2 Å². The van der Waals surface area contributed by atoms with E-state index in [0.717, 1.165) is 23.4 Å². The van der Waals surface area contributed by atoms with E-state index in [1.165, 1.54) is 0 Å². The fraction of sp³-hybridized carbons (Fsp3) is 0.500. The van der Waals surface area contributed by atoms with Crippen molar-refractivity contribution in [2.75, 3.05) is 23.7 Å². The first-order valence-electron chi connectivity index (χ1n) is 6.95. The van der Waals surface area contributed by atoms with Gasteiger partial charge < -0.3 is 5.32 Å². The molecule has 8 heteroatoms. The number of para-hydroxylation sites is 1. The quantitative estimate of drug-likeness (QED) is 0.768. The van der Waals surface area contributed by atoms with E-state index in [1.807, 2.05) is 6.92 Å². The lowest BCUT2D eigenvalue weighted by Gasteiger charge is -2.24. The summed E-state index contributed by atoms with van der Waals surface area (Å²) < 4.78 is 25.1. The van der Waals surface area contributed by atoms with Gasteiger partial charge in [0.1, 0.15) is 0 Å². The van der Waals surface area contributed by atoms with Crippen molar-refractivity contribution in [3.05, 3.63) is 28.2 Å². The van der Waals surface area contributed by atoms with Crippen LogP contribution in [0.5, 0.6) is 0 Å². The Labute approximate surface area is 141 Å². The molecule has 0 unspecified atom stereocenters. The summed E-state index contributed by atoms with van der Waals surface area (Å²) in [4.78, 5) is 11.6. The number of hydrogen-bond acceptors (Lipinski definition) is 3. The third-order valence-electron chi connectivity index (χ3n) is 2.98. The Morgan fingerprint density at radius 2 is 1.86 bits per heavy atom. The average Bonchev–Trinajstić information content (AvgIpc) is 2.42. The van der Waals surface area contributed by atoms with Crippen molar-refractivity contribution in [1.82, 2.24) is 5.32 Å². The van der Waals surface area contributed by atoms with E-state index in [9.17, 15) is 13.2 Å². The smallest absolute Gasteiger partial charge is 0.232 e. The third kappa shape index (κ3) is 5.66. The number of anilines is 1. The van der Waals surface area contributed by atoms with Crippen molar-refractivity contribution in [2.45, 2.75) is 26.2 Å². The number of halogens is 2. The summed E-state index contributed by atoms with van der Waals surface area (Å²) in [5, 5.41) is 3.19. The first-order valence-corrected chi connectivity index (χ1v) is 9.56. The van der Waals surface area contributed by atoms with Crippen LogP contribution in [0, 0.1) is 0 Å². The molecule has 0 radical (unpaired) electrons. The molecule has 0 aromatic heterocycles. The Bertz CT molecular complexity index is 600. The predicted octanol–water partition coefficient (Wildman–Crippen LogP) is 3.07. The van der Waals surface area contributed by atoms with Crippen LogP contribution in [0.25, 0.3) is 0 Å². The summed E-state index contributed by atoms with van der Waals surface area (Å²) >= 11 is 12.1. The highest BCUT2D eigenvalue weighted by Crippen LogP contribution is 2.34. The second-order valence-corrected chi connectivity index (χ2v) is 7.58. The summed E-state index contributed by atoms with van der Waals surface area (Å²) in [6, 6.07) is 4.78. The number of hydrogen-bond donors (Lipinski definition) is 1. The van der Waals surface area contributed by atoms with Crippen LogP contribution in [0.15, 0.2) is 18.2 Å². The molecule has 0 aliphatic heterocycles. The van der Waals surface area contributed by atoms with Gasteiger partial charge in [0, 0.05) is 13.0 Å². The van der Waals surface area contributed by atoms with Gasteiger partial charge in [0.25, 0.3) is 0 Å². The van der Waals surface area contributed by atoms with E-state index < -0.39 is 10.0 Å². The van der Waals surface area contributed by atoms with E-state index in [-0.39, 0.29) is 34.7 Å². The minimum atomic E-state index is -3.56. The van der Waals surface area contributed by atoms with E-state index in [0.29, 0.717) is 6.42 Å². The zero-order valence-corrected chi connectivity index (χ0v) is 14.9. The van der Waals surface area contributed by atoms with Crippen LogP contribution in [-0.4, -0.2) is 33.7 Å². The van der Waals surface area contributed by atoms with Crippen molar-refractivity contribution < 1.29 is 13.2 Å². The van der Waals surface area contributed by atoms with Gasteiger partial charge in [-0.2, -0.15) is 0 Å². The molecule has 0 atom stereocenters. The predicted molar refractivity (Wildman–Crippen MR) is 91.2 cm³/mol. The summed E-state index contributed by atoms with van der Waals surface area (Å²) in [7, 11) is -3.56. The largest absolute Gasteiger partial charge is 0.354 e. The second-order valence-electron chi connectivity index (χ2n) is 4.86. The van der Waals surface area contributed by atoms with Gasteiger partial charge in [-0.25, -0.2) is 8.42 Å². The number of carbonyl (C=O) groups is 1. The Kier molecular flexibility index (Phi) is 7.45. The highest BCUT2D eigenvalue weighted by Gasteiger charge is 2.22. The highest BCUT2D eigenvalue weighted by molar-refractivity contribution is 7.92. The summed E-state index contributed by atoms with van der Waals surface area (Å²) in [6.45, 7) is 2.26. The fourth-order valence-electron chi connectivity index (χ4n) is 1.89. The Hall–Kier alpha value is -0.980. The van der Waals surface area contributed by atoms with E-state index >= 15 is 0 Å². The molecular weight excluding hydrogens is 347 g/mol. The maximum absolute atomic E-state index is 12.0. The van der Waals surface area contributed by atoms with E-state index in [2.05, 4.69) is 5.32 Å². The van der Waals surface area contributed by atoms with E-state index in [4.69, 9.17) is 23.2 Å². The van der Waals surface area contributed by atoms with Crippen LogP contribution in [0.4, 0.5) is 5.69 Å². The number of nitrogens with zero attached hydrogens (tertiary/aromatic N) is 1. The van der Waals surface area contributed by atoms with Gasteiger partial charge in [0.15, 0.2) is 0 Å². The molecule has 0 saturated carbocycles. The molecule has 5 nitrogen and oxygen atoms in total. The minimum absolute atomic E-state index is 0.0696. The van der Waals surface area contributed by atoms with Gasteiger partial charge in [0.2, 0.25) is 15.9 Å². The number of amides is 1. The number of sulfonamides is 1. The molecule has 22 heavy (non-hydrogen) atoms. The summed E-state index contributed by atoms with van der Waals surface area (Å²) in [5.74, 6) is -0.0967. The number of rotatable bonds is 8. The normalized spacial score (nSPS) is 11.3. The lowest BCUT2D eigenvalue weighted by atomic mass is 10.2. The molecule has 1 amide bonds. The standard InChI is InChI=1S/C14H20Cl2N2O3S/c1-3-4-8-13(19)17-9-10-18(22(2,20)21)14-11(15)6-5-7-12(14)16/h5-7H,3-4,8-10H2,1-2H3,(H,17,19). The lowest BCUT2D eigenvalue weighted by molar-refractivity contribution is -0.121. The van der Waals surface area contributed by atoms with Crippen molar-refractivity contribution in [3.8, 4) is 0 Å². The topological polar surface area (TPSA) is 66.5 Å². The van der Waals surface area contributed by atoms with Crippen LogP contribution in [-0.2, 0) is 14.8 Å². The zero-order valence-electron chi connectivity index (χ0n) is 12.6. The molecule has 0 aliphatic carbocycles. The fourth-order valence-corrected chi connectivity index (χ4v) is 3.55. The maximum atomic E-state index is 12.0. The average molecular weight is 367 g/mol. The number of benzene rings is 1. The molecule has 0 saturated heterocycles. The van der Waals surface area contributed by atoms with Gasteiger partial charge >= 0.3 is 0 Å². The maximum Gasteiger partial charge on any atom is 0.232 e. The number of carbonyl (C=O) groups excluding carboxylic acids is 1. The molecule has 124 valence electrons. The van der Waals surface area contributed by atoms with Crippen LogP contribution < -0.4 is 9.62 Å². The van der Waals surface area contributed by atoms with Gasteiger partial charge in [-0.3, -0.25) is 9.10 Å². The molecule has 1 rings (SSSR count). The third-order valence-corrected chi connectivity index (χ3v) is 4.76. The second kappa shape index (κ2) is 8.60. The van der Waals surface area contributed by atoms with Gasteiger partial charge in [-0.1, -0.05) is 42.6 Å². The molecule has 0 aliphatic rings. The minimum Gasteiger partial charge on any atom is -0.354 e. The number of unbranched alkanes of at least 4 members (excludes halogenated alkanes) is 1. The Balaban J connectivity index is 2.82. The van der Waals surface area contributed by atoms with Crippen LogP contribution in [0.3, 0.4) is 0 Å². The first kappa shape index (κ1) is 19.1. The van der Waals surface area contributed by atoms with Crippen LogP contribution in [0.2, 0.25) is 10.0 Å². The highest BCUT2D eigenvalue weighted by atomic mass is 35.5. The SMILES string of the molecule is CCCCC(=O)NCCN(c1c(Cl)cccc1Cl)S(C)(=O)=O. The van der Waals surface area contributed by atoms with Crippen LogP contribution >= 0.6 is 23.2 Å². The molecule has 0 bridgehead atoms. The van der Waals surface area contributed by atoms with Gasteiger partial charge in [-0.15, -0.1) is 0 Å². The molecule has 1 aromatic carbocycles. The van der Waals surface area contributed by atoms with Crippen molar-refractivity contribution in [2.24, 2.45) is 0 Å². The molecule has 1 N–H and O–H groups in total. The summed E-state index contributed by atoms with van der Waals surface area (Å²) in [6.07, 6.45) is 3.24. The molecule has 0 spiro atoms. The number of nitrogens with one attached hydrogen (secondary N) is 1. The van der Waals surface area contributed by atoms with Crippen LogP contribution in [0.1, 0.15) is 26.2 Å². The molecule has 0 heterocycles. The lowest BCUT2D eigenvalue weighted by Crippen LogP contribution is -2.38. The zero-order chi connectivity index (χ0) is 16.8. The molecule has 1 aromatic rings. The van der Waals surface area contributed by atoms with Crippen molar-refractivity contribution in [3.63, 3.8) is 0 Å². The molecular formula is C14H20Cl2N2O3S.